The van der Waals surface area contributed by atoms with Crippen molar-refractivity contribution in [3.63, 3.8) is 0 Å². The maximum atomic E-state index is 12.5. The van der Waals surface area contributed by atoms with Gasteiger partial charge in [0.15, 0.2) is 0 Å². The fourth-order valence-corrected chi connectivity index (χ4v) is 3.81. The van der Waals surface area contributed by atoms with E-state index in [1.165, 1.54) is 12.8 Å². The second-order valence-electron chi connectivity index (χ2n) is 6.08. The lowest BCUT2D eigenvalue weighted by Crippen LogP contribution is -2.14. The van der Waals surface area contributed by atoms with Crippen molar-refractivity contribution in [2.75, 3.05) is 6.61 Å². The zero-order valence-corrected chi connectivity index (χ0v) is 12.7. The maximum absolute atomic E-state index is 12.5. The summed E-state index contributed by atoms with van der Waals surface area (Å²) in [5, 5.41) is 0.718. The van der Waals surface area contributed by atoms with Crippen LogP contribution in [0.3, 0.4) is 0 Å². The van der Waals surface area contributed by atoms with Crippen LogP contribution < -0.4 is 4.74 Å². The molecule has 1 aromatic carbocycles. The molecule has 2 nitrogen and oxygen atoms in total. The average molecular weight is 293 g/mol. The number of carbonyl (C=O) groups excluding carboxylic acids is 1. The van der Waals surface area contributed by atoms with Gasteiger partial charge in [0.2, 0.25) is 0 Å². The van der Waals surface area contributed by atoms with Crippen molar-refractivity contribution in [3.8, 4) is 5.75 Å². The molecule has 20 heavy (non-hydrogen) atoms. The minimum absolute atomic E-state index is 0.246. The second kappa shape index (κ2) is 5.77. The first kappa shape index (κ1) is 13.9. The summed E-state index contributed by atoms with van der Waals surface area (Å²) in [5.74, 6) is 2.26. The SMILES string of the molecule is CCC1CCC(C(=O)Cc2cc(Cl)cc3c2OCC3)C1. The molecule has 0 radical (unpaired) electrons. The Morgan fingerprint density at radius 3 is 3.00 bits per heavy atom. The van der Waals surface area contributed by atoms with Crippen LogP contribution in [0.4, 0.5) is 0 Å². The molecule has 1 fully saturated rings. The fourth-order valence-electron chi connectivity index (χ4n) is 3.55. The summed E-state index contributed by atoms with van der Waals surface area (Å²) < 4.78 is 5.68. The number of hydrogen-bond acceptors (Lipinski definition) is 2. The molecule has 0 spiro atoms. The van der Waals surface area contributed by atoms with E-state index in [4.69, 9.17) is 16.3 Å². The van der Waals surface area contributed by atoms with Gasteiger partial charge in [0.25, 0.3) is 0 Å². The van der Waals surface area contributed by atoms with Crippen molar-refractivity contribution < 1.29 is 9.53 Å². The smallest absolute Gasteiger partial charge is 0.140 e. The average Bonchev–Trinajstić information content (AvgIpc) is 3.06. The largest absolute Gasteiger partial charge is 0.493 e. The van der Waals surface area contributed by atoms with Crippen LogP contribution in [0.15, 0.2) is 12.1 Å². The van der Waals surface area contributed by atoms with Crippen LogP contribution in [-0.4, -0.2) is 12.4 Å². The van der Waals surface area contributed by atoms with E-state index in [2.05, 4.69) is 6.92 Å². The van der Waals surface area contributed by atoms with E-state index < -0.39 is 0 Å². The third-order valence-corrected chi connectivity index (χ3v) is 4.98. The molecule has 2 unspecified atom stereocenters. The molecular formula is C17H21ClO2. The van der Waals surface area contributed by atoms with Crippen LogP contribution in [-0.2, 0) is 17.6 Å². The van der Waals surface area contributed by atoms with Crippen molar-refractivity contribution in [3.05, 3.63) is 28.3 Å². The first-order chi connectivity index (χ1) is 9.67. The first-order valence-corrected chi connectivity index (χ1v) is 8.02. The van der Waals surface area contributed by atoms with E-state index in [0.29, 0.717) is 18.8 Å². The summed E-state index contributed by atoms with van der Waals surface area (Å²) in [6.45, 7) is 2.92. The van der Waals surface area contributed by atoms with Gasteiger partial charge in [-0.25, -0.2) is 0 Å². The molecular weight excluding hydrogens is 272 g/mol. The molecule has 0 bridgehead atoms. The Labute approximate surface area is 125 Å². The molecule has 1 aromatic rings. The highest BCUT2D eigenvalue weighted by molar-refractivity contribution is 6.30. The predicted octanol–water partition coefficient (Wildman–Crippen LogP) is 4.21. The van der Waals surface area contributed by atoms with E-state index in [1.807, 2.05) is 12.1 Å². The van der Waals surface area contributed by atoms with Gasteiger partial charge in [-0.2, -0.15) is 0 Å². The third kappa shape index (κ3) is 2.71. The molecule has 0 aromatic heterocycles. The van der Waals surface area contributed by atoms with Crippen LogP contribution in [0.1, 0.15) is 43.7 Å². The standard InChI is InChI=1S/C17H21ClO2/c1-2-11-3-4-12(7-11)16(19)10-14-9-15(18)8-13-5-6-20-17(13)14/h8-9,11-12H,2-7,10H2,1H3. The van der Waals surface area contributed by atoms with Crippen molar-refractivity contribution in [1.82, 2.24) is 0 Å². The molecule has 108 valence electrons. The third-order valence-electron chi connectivity index (χ3n) is 4.76. The summed E-state index contributed by atoms with van der Waals surface area (Å²) in [5.41, 5.74) is 2.13. The number of fused-ring (bicyclic) bond motifs is 1. The predicted molar refractivity (Wildman–Crippen MR) is 80.5 cm³/mol. The Morgan fingerprint density at radius 2 is 2.25 bits per heavy atom. The van der Waals surface area contributed by atoms with Crippen molar-refractivity contribution in [2.45, 2.75) is 45.4 Å². The quantitative estimate of drug-likeness (QED) is 0.831. The zero-order chi connectivity index (χ0) is 14.1. The molecule has 1 aliphatic heterocycles. The maximum Gasteiger partial charge on any atom is 0.140 e. The summed E-state index contributed by atoms with van der Waals surface area (Å²) in [7, 11) is 0. The Balaban J connectivity index is 1.74. The lowest BCUT2D eigenvalue weighted by atomic mass is 9.94. The molecule has 0 amide bonds. The molecule has 3 heteroatoms. The van der Waals surface area contributed by atoms with Gasteiger partial charge < -0.3 is 4.74 Å². The minimum atomic E-state index is 0.246. The lowest BCUT2D eigenvalue weighted by Gasteiger charge is -2.12. The van der Waals surface area contributed by atoms with Crippen molar-refractivity contribution >= 4 is 17.4 Å². The number of rotatable bonds is 4. The van der Waals surface area contributed by atoms with E-state index in [-0.39, 0.29) is 5.92 Å². The van der Waals surface area contributed by atoms with Gasteiger partial charge in [0, 0.05) is 29.3 Å². The lowest BCUT2D eigenvalue weighted by molar-refractivity contribution is -0.122. The van der Waals surface area contributed by atoms with Gasteiger partial charge in [0.05, 0.1) is 6.61 Å². The van der Waals surface area contributed by atoms with Crippen LogP contribution in [0.25, 0.3) is 0 Å². The molecule has 0 saturated heterocycles. The molecule has 1 heterocycles. The van der Waals surface area contributed by atoms with Gasteiger partial charge in [0.1, 0.15) is 11.5 Å². The van der Waals surface area contributed by atoms with Gasteiger partial charge in [-0.1, -0.05) is 24.9 Å². The summed E-state index contributed by atoms with van der Waals surface area (Å²) in [6.07, 6.45) is 5.90. The number of ketones is 1. The van der Waals surface area contributed by atoms with E-state index in [9.17, 15) is 4.79 Å². The molecule has 1 aliphatic carbocycles. The normalized spacial score (nSPS) is 24.5. The second-order valence-corrected chi connectivity index (χ2v) is 6.52. The number of carbonyl (C=O) groups is 1. The minimum Gasteiger partial charge on any atom is -0.493 e. The zero-order valence-electron chi connectivity index (χ0n) is 12.0. The fraction of sp³-hybridized carbons (Fsp3) is 0.588. The summed E-state index contributed by atoms with van der Waals surface area (Å²) in [4.78, 5) is 12.5. The highest BCUT2D eigenvalue weighted by Gasteiger charge is 2.29. The number of halogens is 1. The van der Waals surface area contributed by atoms with Crippen LogP contribution in [0.5, 0.6) is 5.75 Å². The van der Waals surface area contributed by atoms with Crippen LogP contribution in [0, 0.1) is 11.8 Å². The molecule has 0 N–H and O–H groups in total. The number of ether oxygens (including phenoxy) is 1. The Bertz CT molecular complexity index is 524. The van der Waals surface area contributed by atoms with Gasteiger partial charge in [-0.15, -0.1) is 0 Å². The Hall–Kier alpha value is -1.02. The van der Waals surface area contributed by atoms with Gasteiger partial charge in [-0.3, -0.25) is 4.79 Å². The molecule has 3 rings (SSSR count). The van der Waals surface area contributed by atoms with E-state index in [1.54, 1.807) is 0 Å². The first-order valence-electron chi connectivity index (χ1n) is 7.64. The van der Waals surface area contributed by atoms with Gasteiger partial charge >= 0.3 is 0 Å². The van der Waals surface area contributed by atoms with Crippen LogP contribution >= 0.6 is 11.6 Å². The highest BCUT2D eigenvalue weighted by Crippen LogP contribution is 2.37. The molecule has 2 atom stereocenters. The van der Waals surface area contributed by atoms with E-state index in [0.717, 1.165) is 47.1 Å². The van der Waals surface area contributed by atoms with Crippen molar-refractivity contribution in [1.29, 1.82) is 0 Å². The topological polar surface area (TPSA) is 26.3 Å². The van der Waals surface area contributed by atoms with Crippen LogP contribution in [0.2, 0.25) is 5.02 Å². The number of Topliss-reactive ketones (excluding diaryl/α,β-unsaturated/α-hetero) is 1. The molecule has 1 saturated carbocycles. The Morgan fingerprint density at radius 1 is 1.40 bits per heavy atom. The summed E-state index contributed by atoms with van der Waals surface area (Å²) >= 11 is 6.15. The monoisotopic (exact) mass is 292 g/mol. The highest BCUT2D eigenvalue weighted by atomic mass is 35.5. The summed E-state index contributed by atoms with van der Waals surface area (Å²) in [6, 6.07) is 3.86. The molecule has 2 aliphatic rings. The van der Waals surface area contributed by atoms with E-state index >= 15 is 0 Å². The van der Waals surface area contributed by atoms with Crippen molar-refractivity contribution in [2.24, 2.45) is 11.8 Å². The van der Waals surface area contributed by atoms with Gasteiger partial charge in [-0.05, 0) is 42.9 Å². The Kier molecular flexibility index (Phi) is 4.02. The number of hydrogen-bond donors (Lipinski definition) is 0. The number of benzene rings is 1.